The summed E-state index contributed by atoms with van der Waals surface area (Å²) in [7, 11) is 0. The maximum atomic E-state index is 16.0. The molecule has 0 radical (unpaired) electrons. The van der Waals surface area contributed by atoms with Crippen molar-refractivity contribution in [3.05, 3.63) is 41.5 Å². The summed E-state index contributed by atoms with van der Waals surface area (Å²) in [6, 6.07) is 7.48. The Balaban J connectivity index is 0.869. The zero-order valence-electron chi connectivity index (χ0n) is 59.3. The first kappa shape index (κ1) is 78.9. The lowest BCUT2D eigenvalue weighted by atomic mass is 9.31. The van der Waals surface area contributed by atoms with Crippen molar-refractivity contribution in [3.63, 3.8) is 0 Å². The van der Waals surface area contributed by atoms with E-state index in [1.165, 1.54) is 13.0 Å². The largest absolute Gasteiger partial charge is 0.457 e. The van der Waals surface area contributed by atoms with Crippen LogP contribution in [-0.2, 0) is 85.6 Å². The lowest BCUT2D eigenvalue weighted by molar-refractivity contribution is -0.410. The van der Waals surface area contributed by atoms with E-state index in [0.717, 1.165) is 24.3 Å². The fourth-order valence-electron chi connectivity index (χ4n) is 19.9. The summed E-state index contributed by atoms with van der Waals surface area (Å²) in [4.78, 5) is 69.0. The Morgan fingerprint density at radius 1 is 0.569 bits per heavy atom. The van der Waals surface area contributed by atoms with Crippen LogP contribution >= 0.6 is 0 Å². The molecule has 0 amide bonds. The fraction of sp³-hybridized carbons (Fsp3) is 0.819. The second kappa shape index (κ2) is 30.5. The summed E-state index contributed by atoms with van der Waals surface area (Å²) in [5, 5.41) is 133. The minimum absolute atomic E-state index is 0.0221. The Labute approximate surface area is 592 Å². The molecule has 10 fully saturated rings. The van der Waals surface area contributed by atoms with Crippen LogP contribution in [0.25, 0.3) is 6.08 Å². The van der Waals surface area contributed by atoms with Gasteiger partial charge in [-0.15, -0.1) is 0 Å². The third-order valence-corrected chi connectivity index (χ3v) is 25.7. The summed E-state index contributed by atoms with van der Waals surface area (Å²) >= 11 is 0. The van der Waals surface area contributed by atoms with Crippen LogP contribution in [0.3, 0.4) is 0 Å². The van der Waals surface area contributed by atoms with Gasteiger partial charge in [0.1, 0.15) is 98.3 Å². The number of aliphatic hydroxyl groups excluding tert-OH is 12. The van der Waals surface area contributed by atoms with Gasteiger partial charge in [-0.3, -0.25) is 19.2 Å². The van der Waals surface area contributed by atoms with E-state index in [2.05, 4.69) is 34.6 Å². The maximum absolute atomic E-state index is 16.0. The molecule has 5 aliphatic carbocycles. The van der Waals surface area contributed by atoms with E-state index in [9.17, 15) is 80.5 Å². The van der Waals surface area contributed by atoms with Crippen molar-refractivity contribution in [2.45, 2.75) is 293 Å². The van der Waals surface area contributed by atoms with E-state index < -0.39 is 236 Å². The Morgan fingerprint density at radius 2 is 1.21 bits per heavy atom. The summed E-state index contributed by atoms with van der Waals surface area (Å²) in [6.07, 6.45) is -35.7. The van der Waals surface area contributed by atoms with Crippen molar-refractivity contribution >= 4 is 36.6 Å². The van der Waals surface area contributed by atoms with Gasteiger partial charge in [-0.2, -0.15) is 0 Å². The minimum atomic E-state index is -2.03. The molecular formula is C72H106O30. The molecule has 5 saturated heterocycles. The molecule has 5 heterocycles. The standard InChI is InChI=1S/C72H106O30/c1-32-11-13-36(14-12-32)15-16-37(77)28-90-55-34(3)94-64(59(57(55)95-35(4)76)100-62-52(86)49(83)46(80)33(2)93-62)102-66(89)72-24-23-67(5,6)25-39(72)38-17-18-43-68(7)21-20-45(69(8,30-74)42(68)19-22-70(43,9)71(38,10)26-44(72)79)97-65-58(99-63-53(87)50(84)48(82)41(27-73)96-63)56(54(88)61(101-65)92-31-75)98-60-51(85)47(81)40(78)29-91-60/h11-16,30-31,33-34,38-65,73,78-88H,17-29H2,1-10H3/b16-15+/t33?,34?,38?,39-,40?,41?,42+,43+,44+,45-,46?,47?,48?,49?,50?,51?,52?,53?,54?,55?,56?,57?,58?,59?,60?,61?,62?,63?,64?,65?,68-,69-,70+,71+,72+/m0/s1. The number of benzene rings is 1. The predicted molar refractivity (Wildman–Crippen MR) is 347 cm³/mol. The molecule has 5 aliphatic heterocycles. The van der Waals surface area contributed by atoms with E-state index in [4.69, 9.17) is 61.6 Å². The Bertz CT molecular complexity index is 3140. The second-order valence-electron chi connectivity index (χ2n) is 32.3. The molecule has 1 aromatic carbocycles. The van der Waals surface area contributed by atoms with Gasteiger partial charge in [0.2, 0.25) is 12.6 Å². The molecule has 11 rings (SSSR count). The number of aryl methyl sites for hydroxylation is 1. The van der Waals surface area contributed by atoms with Crippen molar-refractivity contribution in [2.75, 3.05) is 19.8 Å². The lowest BCUT2D eigenvalue weighted by Gasteiger charge is -2.74. The van der Waals surface area contributed by atoms with Crippen molar-refractivity contribution < 1.29 is 147 Å². The van der Waals surface area contributed by atoms with Crippen molar-refractivity contribution in [1.29, 1.82) is 0 Å². The average molecular weight is 1450 g/mol. The first-order valence-electron chi connectivity index (χ1n) is 35.8. The zero-order valence-corrected chi connectivity index (χ0v) is 59.3. The molecule has 30 heteroatoms. The minimum Gasteiger partial charge on any atom is -0.457 e. The molecule has 25 unspecified atom stereocenters. The molecule has 10 aliphatic rings. The molecule has 12 N–H and O–H groups in total. The van der Waals surface area contributed by atoms with Crippen LogP contribution in [0.4, 0.5) is 0 Å². The first-order chi connectivity index (χ1) is 48.0. The number of fused-ring (bicyclic) bond motifs is 7. The van der Waals surface area contributed by atoms with Crippen LogP contribution in [-0.4, -0.2) is 271 Å². The molecule has 5 saturated carbocycles. The van der Waals surface area contributed by atoms with Crippen molar-refractivity contribution in [3.8, 4) is 0 Å². The van der Waals surface area contributed by atoms with Gasteiger partial charge >= 0.3 is 11.9 Å². The van der Waals surface area contributed by atoms with E-state index in [0.29, 0.717) is 44.9 Å². The highest BCUT2D eigenvalue weighted by Crippen LogP contribution is 2.77. The molecule has 574 valence electrons. The Morgan fingerprint density at radius 3 is 1.86 bits per heavy atom. The molecule has 35 atom stereocenters. The van der Waals surface area contributed by atoms with Crippen LogP contribution in [0.1, 0.15) is 138 Å². The molecule has 0 bridgehead atoms. The van der Waals surface area contributed by atoms with Gasteiger partial charge in [0.05, 0.1) is 48.5 Å². The van der Waals surface area contributed by atoms with E-state index >= 15 is 4.79 Å². The number of ether oxygens (including phenoxy) is 13. The molecule has 0 spiro atoms. The Hall–Kier alpha value is -4.17. The van der Waals surface area contributed by atoms with E-state index in [-0.39, 0.29) is 43.0 Å². The number of carbonyl (C=O) groups excluding carboxylic acids is 5. The van der Waals surface area contributed by atoms with Crippen molar-refractivity contribution in [2.24, 2.45) is 56.2 Å². The third-order valence-electron chi connectivity index (χ3n) is 25.7. The number of ketones is 1. The number of rotatable bonds is 20. The fourth-order valence-corrected chi connectivity index (χ4v) is 19.9. The number of aldehydes is 1. The van der Waals surface area contributed by atoms with Gasteiger partial charge in [0, 0.05) is 6.92 Å². The number of esters is 2. The molecule has 102 heavy (non-hydrogen) atoms. The summed E-state index contributed by atoms with van der Waals surface area (Å²) in [5.41, 5.74) is -3.34. The predicted octanol–water partition coefficient (Wildman–Crippen LogP) is 0.0371. The summed E-state index contributed by atoms with van der Waals surface area (Å²) in [5.74, 6) is -3.35. The highest BCUT2D eigenvalue weighted by molar-refractivity contribution is 5.94. The van der Waals surface area contributed by atoms with Crippen LogP contribution in [0.5, 0.6) is 0 Å². The summed E-state index contributed by atoms with van der Waals surface area (Å²) < 4.78 is 79.6. The molecule has 30 nitrogen and oxygen atoms in total. The van der Waals surface area contributed by atoms with Gasteiger partial charge in [-0.1, -0.05) is 77.4 Å². The molecule has 1 aromatic rings. The zero-order chi connectivity index (χ0) is 74.2. The average Bonchev–Trinajstić information content (AvgIpc) is 0.670. The van der Waals surface area contributed by atoms with E-state index in [1.807, 2.05) is 31.2 Å². The van der Waals surface area contributed by atoms with Gasteiger partial charge in [0.15, 0.2) is 43.2 Å². The number of carbonyl (C=O) groups is 5. The number of hydrogen-bond donors (Lipinski definition) is 12. The van der Waals surface area contributed by atoms with Crippen molar-refractivity contribution in [1.82, 2.24) is 0 Å². The van der Waals surface area contributed by atoms with Gasteiger partial charge < -0.3 is 128 Å². The quantitative estimate of drug-likeness (QED) is 0.0269. The monoisotopic (exact) mass is 1450 g/mol. The summed E-state index contributed by atoms with van der Waals surface area (Å²) in [6.45, 7) is 16.8. The van der Waals surface area contributed by atoms with Gasteiger partial charge in [-0.05, 0) is 142 Å². The van der Waals surface area contributed by atoms with Crippen LogP contribution in [0.15, 0.2) is 30.3 Å². The Kier molecular flexibility index (Phi) is 23.6. The highest BCUT2D eigenvalue weighted by atomic mass is 16.8. The topological polar surface area (TPSA) is 448 Å². The molecule has 0 aromatic heterocycles. The van der Waals surface area contributed by atoms with Gasteiger partial charge in [-0.25, -0.2) is 0 Å². The van der Waals surface area contributed by atoms with Crippen LogP contribution in [0.2, 0.25) is 0 Å². The van der Waals surface area contributed by atoms with E-state index in [1.54, 1.807) is 19.9 Å². The number of aliphatic hydroxyl groups is 12. The highest BCUT2D eigenvalue weighted by Gasteiger charge is 2.75. The van der Waals surface area contributed by atoms with Crippen LogP contribution in [0, 0.1) is 63.1 Å². The normalized spacial score (nSPS) is 49.4. The van der Waals surface area contributed by atoms with Gasteiger partial charge in [0.25, 0.3) is 6.47 Å². The second-order valence-corrected chi connectivity index (χ2v) is 32.3. The smallest absolute Gasteiger partial charge is 0.317 e. The SMILES string of the molecule is CC(=O)OC1C(OCC(=O)/C=C/c2ccc(C)cc2)C(C)OC(OC(=O)[C@]23CCC(C)(C)C[C@H]2C2CC[C@@H]4[C@@]5(C)CC[C@H](OC6OC(OC=O)C(O)C(OC7OCC(O)C(O)C7O)C6OC6OC(CO)C(O)C(O)C6O)[C@@](C)(C=O)[C@@H]5CC[C@@]4(C)[C@]2(C)C[C@H]3O)C1OC1OC(C)C(O)C(O)C1O. The maximum Gasteiger partial charge on any atom is 0.317 e. The number of hydrogen-bond acceptors (Lipinski definition) is 30. The first-order valence-corrected chi connectivity index (χ1v) is 35.8. The third kappa shape index (κ3) is 14.3. The molecular weight excluding hydrogens is 1340 g/mol. The lowest BCUT2D eigenvalue weighted by Crippen LogP contribution is -2.71. The van der Waals surface area contributed by atoms with Crippen LogP contribution < -0.4 is 0 Å².